The number of amides is 1. The Bertz CT molecular complexity index is 445. The molecule has 4 heteroatoms. The third-order valence-electron chi connectivity index (χ3n) is 4.28. The summed E-state index contributed by atoms with van der Waals surface area (Å²) in [7, 11) is 1.66. The zero-order chi connectivity index (χ0) is 15.1. The van der Waals surface area contributed by atoms with Crippen LogP contribution in [0.1, 0.15) is 37.7 Å². The molecule has 0 radical (unpaired) electrons. The Morgan fingerprint density at radius 3 is 2.67 bits per heavy atom. The summed E-state index contributed by atoms with van der Waals surface area (Å²) in [6.45, 7) is 0.661. The molecule has 1 aliphatic rings. The number of nitrogens with two attached hydrogens (primary N) is 1. The van der Waals surface area contributed by atoms with E-state index >= 15 is 0 Å². The fraction of sp³-hybridized carbons (Fsp3) is 0.588. The van der Waals surface area contributed by atoms with Crippen LogP contribution in [0, 0.1) is 5.92 Å². The molecular formula is C17H26N2O2. The third-order valence-corrected chi connectivity index (χ3v) is 4.28. The molecule has 116 valence electrons. The molecule has 0 aromatic heterocycles. The van der Waals surface area contributed by atoms with Gasteiger partial charge in [-0.15, -0.1) is 0 Å². The normalized spacial score (nSPS) is 22.4. The number of carbonyl (C=O) groups excluding carboxylic acids is 1. The Labute approximate surface area is 127 Å². The van der Waals surface area contributed by atoms with E-state index < -0.39 is 0 Å². The number of ether oxygens (including phenoxy) is 1. The summed E-state index contributed by atoms with van der Waals surface area (Å²) in [6, 6.07) is 7.97. The molecular weight excluding hydrogens is 264 g/mol. The second kappa shape index (κ2) is 8.03. The molecule has 0 saturated heterocycles. The predicted molar refractivity (Wildman–Crippen MR) is 84.3 cm³/mol. The molecule has 0 heterocycles. The van der Waals surface area contributed by atoms with E-state index in [9.17, 15) is 4.79 Å². The lowest BCUT2D eigenvalue weighted by atomic mass is 9.94. The van der Waals surface area contributed by atoms with Crippen LogP contribution in [0.2, 0.25) is 0 Å². The molecule has 2 unspecified atom stereocenters. The molecule has 0 bridgehead atoms. The molecule has 1 aromatic carbocycles. The highest BCUT2D eigenvalue weighted by Crippen LogP contribution is 2.22. The van der Waals surface area contributed by atoms with Gasteiger partial charge < -0.3 is 15.8 Å². The Balaban J connectivity index is 1.77. The minimum atomic E-state index is -0.0108. The molecule has 1 aliphatic carbocycles. The van der Waals surface area contributed by atoms with Gasteiger partial charge >= 0.3 is 0 Å². The molecule has 0 spiro atoms. The molecule has 2 atom stereocenters. The van der Waals surface area contributed by atoms with Gasteiger partial charge in [0.2, 0.25) is 5.91 Å². The molecule has 2 rings (SSSR count). The van der Waals surface area contributed by atoms with Crippen molar-refractivity contribution in [2.24, 2.45) is 11.7 Å². The van der Waals surface area contributed by atoms with Gasteiger partial charge in [-0.05, 0) is 37.0 Å². The topological polar surface area (TPSA) is 64.3 Å². The second-order valence-electron chi connectivity index (χ2n) is 5.80. The maximum Gasteiger partial charge on any atom is 0.224 e. The van der Waals surface area contributed by atoms with Crippen molar-refractivity contribution in [2.75, 3.05) is 13.7 Å². The van der Waals surface area contributed by atoms with Crippen LogP contribution in [0.5, 0.6) is 5.75 Å². The van der Waals surface area contributed by atoms with E-state index in [-0.39, 0.29) is 17.9 Å². The lowest BCUT2D eigenvalue weighted by molar-refractivity contribution is -0.125. The molecule has 3 N–H and O–H groups in total. The van der Waals surface area contributed by atoms with Crippen molar-refractivity contribution >= 4 is 5.91 Å². The molecule has 1 aromatic rings. The first-order valence-corrected chi connectivity index (χ1v) is 7.87. The SMILES string of the molecule is COc1ccc(CCNC(=O)C2CCCCCC2N)cc1. The number of methoxy groups -OCH3 is 1. The summed E-state index contributed by atoms with van der Waals surface area (Å²) in [4.78, 5) is 12.2. The van der Waals surface area contributed by atoms with Crippen LogP contribution in [0.25, 0.3) is 0 Å². The number of carbonyl (C=O) groups is 1. The summed E-state index contributed by atoms with van der Waals surface area (Å²) < 4.78 is 5.13. The minimum Gasteiger partial charge on any atom is -0.497 e. The van der Waals surface area contributed by atoms with E-state index in [1.807, 2.05) is 24.3 Å². The summed E-state index contributed by atoms with van der Waals surface area (Å²) >= 11 is 0. The summed E-state index contributed by atoms with van der Waals surface area (Å²) in [5.41, 5.74) is 7.32. The van der Waals surface area contributed by atoms with E-state index in [0.717, 1.165) is 37.9 Å². The van der Waals surface area contributed by atoms with Gasteiger partial charge in [-0.3, -0.25) is 4.79 Å². The smallest absolute Gasteiger partial charge is 0.224 e. The van der Waals surface area contributed by atoms with E-state index in [4.69, 9.17) is 10.5 Å². The Morgan fingerprint density at radius 1 is 1.24 bits per heavy atom. The number of hydrogen-bond acceptors (Lipinski definition) is 3. The van der Waals surface area contributed by atoms with Gasteiger partial charge in [0.25, 0.3) is 0 Å². The van der Waals surface area contributed by atoms with Gasteiger partial charge in [0, 0.05) is 12.6 Å². The number of benzene rings is 1. The number of hydrogen-bond donors (Lipinski definition) is 2. The van der Waals surface area contributed by atoms with Crippen LogP contribution in [-0.2, 0) is 11.2 Å². The van der Waals surface area contributed by atoms with Crippen molar-refractivity contribution in [3.8, 4) is 5.75 Å². The van der Waals surface area contributed by atoms with Crippen LogP contribution in [0.15, 0.2) is 24.3 Å². The highest BCUT2D eigenvalue weighted by molar-refractivity contribution is 5.79. The van der Waals surface area contributed by atoms with E-state index in [1.165, 1.54) is 12.0 Å². The van der Waals surface area contributed by atoms with Gasteiger partial charge in [-0.25, -0.2) is 0 Å². The largest absolute Gasteiger partial charge is 0.497 e. The number of rotatable bonds is 5. The van der Waals surface area contributed by atoms with Crippen LogP contribution in [-0.4, -0.2) is 25.6 Å². The maximum atomic E-state index is 12.2. The first-order valence-electron chi connectivity index (χ1n) is 7.87. The summed E-state index contributed by atoms with van der Waals surface area (Å²) in [5.74, 6) is 0.966. The predicted octanol–water partition coefficient (Wildman–Crippen LogP) is 2.26. The van der Waals surface area contributed by atoms with Crippen LogP contribution in [0.4, 0.5) is 0 Å². The summed E-state index contributed by atoms with van der Waals surface area (Å²) in [6.07, 6.45) is 6.19. The fourth-order valence-corrected chi connectivity index (χ4v) is 2.92. The average molecular weight is 290 g/mol. The van der Waals surface area contributed by atoms with Gasteiger partial charge in [-0.1, -0.05) is 31.4 Å². The van der Waals surface area contributed by atoms with Gasteiger partial charge in [0.1, 0.15) is 5.75 Å². The molecule has 21 heavy (non-hydrogen) atoms. The molecule has 1 fully saturated rings. The van der Waals surface area contributed by atoms with Crippen LogP contribution < -0.4 is 15.8 Å². The quantitative estimate of drug-likeness (QED) is 0.818. The Morgan fingerprint density at radius 2 is 1.95 bits per heavy atom. The fourth-order valence-electron chi connectivity index (χ4n) is 2.92. The van der Waals surface area contributed by atoms with Crippen molar-refractivity contribution in [1.29, 1.82) is 0 Å². The van der Waals surface area contributed by atoms with Crippen molar-refractivity contribution in [3.05, 3.63) is 29.8 Å². The van der Waals surface area contributed by atoms with E-state index in [0.29, 0.717) is 6.54 Å². The van der Waals surface area contributed by atoms with Crippen molar-refractivity contribution in [1.82, 2.24) is 5.32 Å². The van der Waals surface area contributed by atoms with Crippen LogP contribution in [0.3, 0.4) is 0 Å². The first-order chi connectivity index (χ1) is 10.2. The van der Waals surface area contributed by atoms with Gasteiger partial charge in [-0.2, -0.15) is 0 Å². The molecule has 0 aliphatic heterocycles. The highest BCUT2D eigenvalue weighted by atomic mass is 16.5. The van der Waals surface area contributed by atoms with Crippen molar-refractivity contribution in [3.63, 3.8) is 0 Å². The molecule has 1 saturated carbocycles. The van der Waals surface area contributed by atoms with Crippen molar-refractivity contribution < 1.29 is 9.53 Å². The van der Waals surface area contributed by atoms with Crippen LogP contribution >= 0.6 is 0 Å². The second-order valence-corrected chi connectivity index (χ2v) is 5.80. The standard InChI is InChI=1S/C17H26N2O2/c1-21-14-9-7-13(8-10-14)11-12-19-17(20)15-5-3-2-4-6-16(15)18/h7-10,15-16H,2-6,11-12,18H2,1H3,(H,19,20). The first kappa shape index (κ1) is 15.8. The third kappa shape index (κ3) is 4.74. The van der Waals surface area contributed by atoms with E-state index in [1.54, 1.807) is 7.11 Å². The number of nitrogens with one attached hydrogen (secondary N) is 1. The Kier molecular flexibility index (Phi) is 6.05. The maximum absolute atomic E-state index is 12.2. The van der Waals surface area contributed by atoms with Gasteiger partial charge in [0.05, 0.1) is 13.0 Å². The minimum absolute atomic E-state index is 0.0108. The molecule has 4 nitrogen and oxygen atoms in total. The zero-order valence-corrected chi connectivity index (χ0v) is 12.8. The zero-order valence-electron chi connectivity index (χ0n) is 12.8. The lowest BCUT2D eigenvalue weighted by Crippen LogP contribution is -2.41. The summed E-state index contributed by atoms with van der Waals surface area (Å²) in [5, 5.41) is 3.04. The van der Waals surface area contributed by atoms with E-state index in [2.05, 4.69) is 5.32 Å². The lowest BCUT2D eigenvalue weighted by Gasteiger charge is -2.20. The molecule has 1 amide bonds. The average Bonchev–Trinajstić information content (AvgIpc) is 2.72. The Hall–Kier alpha value is -1.55. The van der Waals surface area contributed by atoms with Crippen molar-refractivity contribution in [2.45, 2.75) is 44.6 Å². The monoisotopic (exact) mass is 290 g/mol. The highest BCUT2D eigenvalue weighted by Gasteiger charge is 2.26. The van der Waals surface area contributed by atoms with Gasteiger partial charge in [0.15, 0.2) is 0 Å².